The van der Waals surface area contributed by atoms with Crippen LogP contribution in [-0.4, -0.2) is 65.0 Å². The monoisotopic (exact) mass is 482 g/mol. The summed E-state index contributed by atoms with van der Waals surface area (Å²) in [6.07, 6.45) is 3.93. The van der Waals surface area contributed by atoms with Gasteiger partial charge in [0.15, 0.2) is 11.6 Å². The van der Waals surface area contributed by atoms with Crippen LogP contribution in [0.2, 0.25) is 0 Å². The number of nitrogens with one attached hydrogen (secondary N) is 4. The normalized spacial score (nSPS) is 11.2. The lowest BCUT2D eigenvalue weighted by atomic mass is 10.2. The molecule has 4 N–H and O–H groups in total. The standard InChI is InChI=1S/C24H34N8O3/c1-24(2,3)35-23(34)27-13-8-6-7-12-25-21-17(15-16-11-14-26-20(16)29-21)22(33)28-18-9-10-19(31-30-18)32(4)5/h9-11,14-15H,6-8,12-13H2,1-5H3,(H,27,34)(H2,25,26,29)(H,28,30,33). The van der Waals surface area contributed by atoms with E-state index >= 15 is 0 Å². The number of unbranched alkanes of at least 4 members (excludes halogenated alkanes) is 2. The van der Waals surface area contributed by atoms with E-state index in [-0.39, 0.29) is 5.91 Å². The van der Waals surface area contributed by atoms with Crippen molar-refractivity contribution in [1.82, 2.24) is 25.5 Å². The lowest BCUT2D eigenvalue weighted by Gasteiger charge is -2.19. The second kappa shape index (κ2) is 11.5. The maximum absolute atomic E-state index is 13.0. The Hall–Kier alpha value is -3.89. The van der Waals surface area contributed by atoms with Gasteiger partial charge < -0.3 is 30.6 Å². The number of nitrogens with zero attached hydrogens (tertiary/aromatic N) is 4. The molecule has 0 aliphatic carbocycles. The molecule has 0 spiro atoms. The van der Waals surface area contributed by atoms with E-state index in [0.29, 0.717) is 41.8 Å². The van der Waals surface area contributed by atoms with E-state index in [0.717, 1.165) is 24.6 Å². The number of H-pyrrole nitrogens is 1. The number of pyridine rings is 1. The number of carbonyl (C=O) groups excluding carboxylic acids is 2. The molecular formula is C24H34N8O3. The maximum atomic E-state index is 13.0. The predicted molar refractivity (Wildman–Crippen MR) is 137 cm³/mol. The number of alkyl carbamates (subject to hydrolysis) is 1. The molecule has 0 atom stereocenters. The molecule has 3 aromatic heterocycles. The Bertz CT molecular complexity index is 1140. The van der Waals surface area contributed by atoms with Gasteiger partial charge in [0.2, 0.25) is 0 Å². The highest BCUT2D eigenvalue weighted by atomic mass is 16.6. The average Bonchev–Trinajstić information content (AvgIpc) is 3.24. The van der Waals surface area contributed by atoms with Crippen LogP contribution in [0.1, 0.15) is 50.4 Å². The van der Waals surface area contributed by atoms with Crippen LogP contribution in [0.3, 0.4) is 0 Å². The summed E-state index contributed by atoms with van der Waals surface area (Å²) in [7, 11) is 3.74. The molecule has 0 fully saturated rings. The molecule has 0 bridgehead atoms. The molecule has 35 heavy (non-hydrogen) atoms. The minimum Gasteiger partial charge on any atom is -0.444 e. The molecule has 0 unspecified atom stereocenters. The summed E-state index contributed by atoms with van der Waals surface area (Å²) < 4.78 is 5.22. The third-order valence-electron chi connectivity index (χ3n) is 4.94. The van der Waals surface area contributed by atoms with Gasteiger partial charge in [-0.15, -0.1) is 10.2 Å². The van der Waals surface area contributed by atoms with Crippen molar-refractivity contribution in [2.75, 3.05) is 42.7 Å². The minimum absolute atomic E-state index is 0.323. The van der Waals surface area contributed by atoms with Gasteiger partial charge in [0.25, 0.3) is 5.91 Å². The molecule has 3 rings (SSSR count). The Balaban J connectivity index is 1.54. The molecule has 0 aromatic carbocycles. The van der Waals surface area contributed by atoms with Crippen molar-refractivity contribution in [3.63, 3.8) is 0 Å². The highest BCUT2D eigenvalue weighted by Gasteiger charge is 2.17. The van der Waals surface area contributed by atoms with Crippen LogP contribution in [0.25, 0.3) is 11.0 Å². The number of anilines is 3. The first-order chi connectivity index (χ1) is 16.6. The first kappa shape index (κ1) is 25.7. The van der Waals surface area contributed by atoms with E-state index in [2.05, 4.69) is 36.1 Å². The summed E-state index contributed by atoms with van der Waals surface area (Å²) in [6.45, 7) is 6.67. The van der Waals surface area contributed by atoms with Crippen LogP contribution in [0.15, 0.2) is 30.5 Å². The van der Waals surface area contributed by atoms with Gasteiger partial charge in [-0.2, -0.15) is 0 Å². The zero-order valence-electron chi connectivity index (χ0n) is 20.9. The SMILES string of the molecule is CN(C)c1ccc(NC(=O)c2cc3cc[nH]c3nc2NCCCCCNC(=O)OC(C)(C)C)nn1. The molecular weight excluding hydrogens is 448 g/mol. The van der Waals surface area contributed by atoms with Crippen molar-refractivity contribution in [2.45, 2.75) is 45.6 Å². The van der Waals surface area contributed by atoms with E-state index in [1.807, 2.05) is 45.8 Å². The van der Waals surface area contributed by atoms with E-state index in [4.69, 9.17) is 4.74 Å². The number of carbonyl (C=O) groups is 2. The number of ether oxygens (including phenoxy) is 1. The van der Waals surface area contributed by atoms with Gasteiger partial charge in [0.1, 0.15) is 17.1 Å². The molecule has 0 aliphatic rings. The maximum Gasteiger partial charge on any atom is 0.407 e. The lowest BCUT2D eigenvalue weighted by molar-refractivity contribution is 0.0527. The quantitative estimate of drug-likeness (QED) is 0.320. The Labute approximate surface area is 205 Å². The van der Waals surface area contributed by atoms with E-state index < -0.39 is 11.7 Å². The Morgan fingerprint density at radius 2 is 1.83 bits per heavy atom. The molecule has 2 amide bonds. The summed E-state index contributed by atoms with van der Waals surface area (Å²) in [4.78, 5) is 34.2. The van der Waals surface area contributed by atoms with E-state index in [9.17, 15) is 9.59 Å². The number of fused-ring (bicyclic) bond motifs is 1. The largest absolute Gasteiger partial charge is 0.444 e. The molecule has 0 saturated heterocycles. The number of rotatable bonds is 10. The molecule has 188 valence electrons. The number of aromatic amines is 1. The topological polar surface area (TPSA) is 137 Å². The van der Waals surface area contributed by atoms with Crippen molar-refractivity contribution in [3.05, 3.63) is 36.0 Å². The smallest absolute Gasteiger partial charge is 0.407 e. The van der Waals surface area contributed by atoms with Gasteiger partial charge in [-0.1, -0.05) is 0 Å². The molecule has 11 heteroatoms. The molecule has 0 aliphatic heterocycles. The summed E-state index contributed by atoms with van der Waals surface area (Å²) in [5.41, 5.74) is 0.607. The highest BCUT2D eigenvalue weighted by Crippen LogP contribution is 2.21. The van der Waals surface area contributed by atoms with Gasteiger partial charge >= 0.3 is 6.09 Å². The van der Waals surface area contributed by atoms with Gasteiger partial charge in [-0.05, 0) is 64.3 Å². The Morgan fingerprint density at radius 1 is 1.06 bits per heavy atom. The van der Waals surface area contributed by atoms with Crippen LogP contribution in [0.4, 0.5) is 22.2 Å². The van der Waals surface area contributed by atoms with Crippen LogP contribution in [0.5, 0.6) is 0 Å². The molecule has 0 saturated carbocycles. The van der Waals surface area contributed by atoms with Crippen molar-refractivity contribution in [3.8, 4) is 0 Å². The van der Waals surface area contributed by atoms with Gasteiger partial charge in [0.05, 0.1) is 5.56 Å². The van der Waals surface area contributed by atoms with Gasteiger partial charge in [-0.3, -0.25) is 4.79 Å². The second-order valence-electron chi connectivity index (χ2n) is 9.34. The zero-order chi connectivity index (χ0) is 25.4. The summed E-state index contributed by atoms with van der Waals surface area (Å²) in [6, 6.07) is 7.16. The summed E-state index contributed by atoms with van der Waals surface area (Å²) >= 11 is 0. The second-order valence-corrected chi connectivity index (χ2v) is 9.34. The number of hydrogen-bond donors (Lipinski definition) is 4. The molecule has 11 nitrogen and oxygen atoms in total. The number of aromatic nitrogens is 4. The zero-order valence-corrected chi connectivity index (χ0v) is 20.9. The van der Waals surface area contributed by atoms with Crippen molar-refractivity contribution in [1.29, 1.82) is 0 Å². The minimum atomic E-state index is -0.506. The van der Waals surface area contributed by atoms with Crippen LogP contribution in [0, 0.1) is 0 Å². The van der Waals surface area contributed by atoms with E-state index in [1.165, 1.54) is 0 Å². The average molecular weight is 483 g/mol. The Morgan fingerprint density at radius 3 is 2.51 bits per heavy atom. The highest BCUT2D eigenvalue weighted by molar-refractivity contribution is 6.09. The summed E-state index contributed by atoms with van der Waals surface area (Å²) in [5, 5.41) is 17.8. The van der Waals surface area contributed by atoms with Crippen molar-refractivity contribution in [2.24, 2.45) is 0 Å². The van der Waals surface area contributed by atoms with Crippen LogP contribution >= 0.6 is 0 Å². The number of amides is 2. The predicted octanol–water partition coefficient (Wildman–Crippen LogP) is 3.78. The van der Waals surface area contributed by atoms with Crippen LogP contribution < -0.4 is 20.9 Å². The van der Waals surface area contributed by atoms with Crippen LogP contribution in [-0.2, 0) is 4.74 Å². The third-order valence-corrected chi connectivity index (χ3v) is 4.94. The fourth-order valence-corrected chi connectivity index (χ4v) is 3.24. The fraction of sp³-hybridized carbons (Fsp3) is 0.458. The first-order valence-corrected chi connectivity index (χ1v) is 11.6. The van der Waals surface area contributed by atoms with Gasteiger partial charge in [0, 0.05) is 38.8 Å². The van der Waals surface area contributed by atoms with Crippen molar-refractivity contribution < 1.29 is 14.3 Å². The molecule has 3 aromatic rings. The Kier molecular flexibility index (Phi) is 8.45. The first-order valence-electron chi connectivity index (χ1n) is 11.6. The molecule has 3 heterocycles. The van der Waals surface area contributed by atoms with E-state index in [1.54, 1.807) is 24.4 Å². The van der Waals surface area contributed by atoms with Gasteiger partial charge in [-0.25, -0.2) is 9.78 Å². The third kappa shape index (κ3) is 7.83. The molecule has 0 radical (unpaired) electrons. The van der Waals surface area contributed by atoms with Crippen molar-refractivity contribution >= 4 is 40.5 Å². The lowest BCUT2D eigenvalue weighted by Crippen LogP contribution is -2.33. The fourth-order valence-electron chi connectivity index (χ4n) is 3.24. The number of hydrogen-bond acceptors (Lipinski definition) is 8. The summed E-state index contributed by atoms with van der Waals surface area (Å²) in [5.74, 6) is 1.22.